The quantitative estimate of drug-likeness (QED) is 0.622. The molecular weight excluding hydrogens is 419 g/mol. The topological polar surface area (TPSA) is 41.6 Å². The molecule has 1 amide bonds. The van der Waals surface area contributed by atoms with Crippen molar-refractivity contribution >= 4 is 50.4 Å². The van der Waals surface area contributed by atoms with Gasteiger partial charge in [-0.1, -0.05) is 42.5 Å². The van der Waals surface area contributed by atoms with Crippen LogP contribution < -0.4 is 13.8 Å². The van der Waals surface area contributed by atoms with Gasteiger partial charge in [-0.3, -0.25) is 13.8 Å². The van der Waals surface area contributed by atoms with Crippen LogP contribution in [0, 0.1) is 17.9 Å². The normalized spacial score (nSPS) is 13.6. The van der Waals surface area contributed by atoms with Gasteiger partial charge in [0, 0.05) is 10.8 Å². The smallest absolute Gasteiger partial charge is 0.251 e. The fourth-order valence-corrected chi connectivity index (χ4v) is 3.72. The Kier molecular flexibility index (Phi) is 4.62. The molecular formula is C19H12BrFN2O2S. The molecule has 0 spiro atoms. The average Bonchev–Trinajstić information content (AvgIpc) is 3.07. The van der Waals surface area contributed by atoms with Crippen LogP contribution in [0.15, 0.2) is 46.9 Å². The van der Waals surface area contributed by atoms with Gasteiger partial charge in [0.25, 0.3) is 5.91 Å². The van der Waals surface area contributed by atoms with E-state index < -0.39 is 5.82 Å². The number of nitrogens with zero attached hydrogens (tertiary/aromatic N) is 1. The van der Waals surface area contributed by atoms with Crippen LogP contribution in [0.1, 0.15) is 5.56 Å². The summed E-state index contributed by atoms with van der Waals surface area (Å²) in [5.41, 5.74) is 1.21. The number of nitrogens with one attached hydrogen (secondary N) is 1. The molecule has 0 atom stereocenters. The highest BCUT2D eigenvalue weighted by atomic mass is 79.9. The third-order valence-corrected chi connectivity index (χ3v) is 5.15. The molecule has 0 aromatic heterocycles. The Bertz CT molecular complexity index is 984. The van der Waals surface area contributed by atoms with Crippen LogP contribution >= 0.6 is 28.1 Å². The predicted octanol–water partition coefficient (Wildman–Crippen LogP) is 4.42. The highest BCUT2D eigenvalue weighted by molar-refractivity contribution is 9.10. The van der Waals surface area contributed by atoms with Gasteiger partial charge in [-0.25, -0.2) is 4.39 Å². The van der Waals surface area contributed by atoms with E-state index >= 15 is 4.39 Å². The minimum atomic E-state index is -0.458. The molecule has 1 heterocycles. The first-order valence-electron chi connectivity index (χ1n) is 7.77. The van der Waals surface area contributed by atoms with E-state index in [1.807, 2.05) is 30.3 Å². The number of hydrogen-bond donors (Lipinski definition) is 1. The molecule has 0 saturated carbocycles. The van der Waals surface area contributed by atoms with E-state index in [-0.39, 0.29) is 18.1 Å². The van der Waals surface area contributed by atoms with Crippen molar-refractivity contribution in [3.63, 3.8) is 0 Å². The lowest BCUT2D eigenvalue weighted by Gasteiger charge is -2.20. The highest BCUT2D eigenvalue weighted by Gasteiger charge is 2.28. The Morgan fingerprint density at radius 2 is 2.08 bits per heavy atom. The summed E-state index contributed by atoms with van der Waals surface area (Å²) < 4.78 is 26.0. The standard InChI is InChI=1S/C19H12BrFN2O2S/c20-14-7-6-13-8-16(25-11-12-4-2-1-3-5-12)19(18(21)15(13)9-14)23-10-17(24)22-26-23/h1-5,8-9H,10-11H2,(H,22,24). The zero-order valence-corrected chi connectivity index (χ0v) is 15.8. The monoisotopic (exact) mass is 430 g/mol. The number of amides is 1. The summed E-state index contributed by atoms with van der Waals surface area (Å²) >= 11 is 4.34. The number of anilines is 1. The zero-order chi connectivity index (χ0) is 18.1. The minimum Gasteiger partial charge on any atom is -0.487 e. The van der Waals surface area contributed by atoms with Gasteiger partial charge in [0.1, 0.15) is 24.6 Å². The Morgan fingerprint density at radius 3 is 2.81 bits per heavy atom. The van der Waals surface area contributed by atoms with Crippen molar-refractivity contribution in [3.05, 3.63) is 70.5 Å². The maximum atomic E-state index is 15.3. The average molecular weight is 431 g/mol. The minimum absolute atomic E-state index is 0.0542. The zero-order valence-electron chi connectivity index (χ0n) is 13.4. The van der Waals surface area contributed by atoms with Gasteiger partial charge in [0.15, 0.2) is 5.82 Å². The first kappa shape index (κ1) is 17.0. The number of fused-ring (bicyclic) bond motifs is 1. The molecule has 0 bridgehead atoms. The Morgan fingerprint density at radius 1 is 1.27 bits per heavy atom. The summed E-state index contributed by atoms with van der Waals surface area (Å²) in [5.74, 6) is -0.284. The van der Waals surface area contributed by atoms with Crippen LogP contribution in [0.25, 0.3) is 10.8 Å². The lowest BCUT2D eigenvalue weighted by Crippen LogP contribution is -2.17. The Labute approximate surface area is 162 Å². The van der Waals surface area contributed by atoms with E-state index in [1.165, 1.54) is 0 Å². The van der Waals surface area contributed by atoms with Crippen LogP contribution in [0.2, 0.25) is 0 Å². The van der Waals surface area contributed by atoms with Crippen LogP contribution in [-0.4, -0.2) is 12.5 Å². The summed E-state index contributed by atoms with van der Waals surface area (Å²) in [4.78, 5) is 11.6. The summed E-state index contributed by atoms with van der Waals surface area (Å²) in [6.07, 6.45) is 0. The molecule has 1 N–H and O–H groups in total. The Hall–Kier alpha value is -2.43. The maximum Gasteiger partial charge on any atom is 0.251 e. The molecule has 1 aliphatic heterocycles. The van der Waals surface area contributed by atoms with Gasteiger partial charge in [0.05, 0.1) is 16.6 Å². The van der Waals surface area contributed by atoms with Gasteiger partial charge >= 0.3 is 0 Å². The molecule has 26 heavy (non-hydrogen) atoms. The number of hydrogen-bond acceptors (Lipinski definition) is 4. The molecule has 4 rings (SSSR count). The summed E-state index contributed by atoms with van der Waals surface area (Å²) in [6.45, 7) is 0.345. The number of halogens is 2. The fourth-order valence-electron chi connectivity index (χ4n) is 2.67. The first-order chi connectivity index (χ1) is 12.6. The van der Waals surface area contributed by atoms with Crippen molar-refractivity contribution in [2.45, 2.75) is 6.61 Å². The summed E-state index contributed by atoms with van der Waals surface area (Å²) in [7, 11) is 0. The fraction of sp³-hybridized carbons (Fsp3) is 0.105. The number of benzene rings is 2. The number of carbonyl (C=O) groups excluding carboxylic acids is 1. The highest BCUT2D eigenvalue weighted by Crippen LogP contribution is 2.40. The lowest BCUT2D eigenvalue weighted by atomic mass is 10.1. The van der Waals surface area contributed by atoms with Crippen molar-refractivity contribution in [2.24, 2.45) is 0 Å². The SMILES string of the molecule is O=C1CN(c2c(OCc3ccccc3)cc3c#cc(Br)cc3c2F)SN1. The van der Waals surface area contributed by atoms with E-state index in [9.17, 15) is 4.79 Å². The lowest BCUT2D eigenvalue weighted by molar-refractivity contribution is -0.117. The van der Waals surface area contributed by atoms with Crippen molar-refractivity contribution < 1.29 is 13.9 Å². The molecule has 1 fully saturated rings. The van der Waals surface area contributed by atoms with E-state index in [2.05, 4.69) is 32.8 Å². The molecule has 130 valence electrons. The second-order valence-electron chi connectivity index (χ2n) is 5.67. The Balaban J connectivity index is 1.78. The molecule has 3 aromatic rings. The van der Waals surface area contributed by atoms with E-state index in [0.29, 0.717) is 27.6 Å². The van der Waals surface area contributed by atoms with Crippen molar-refractivity contribution in [3.8, 4) is 5.75 Å². The second-order valence-corrected chi connectivity index (χ2v) is 7.35. The van der Waals surface area contributed by atoms with Crippen LogP contribution in [-0.2, 0) is 11.4 Å². The number of ether oxygens (including phenoxy) is 1. The number of carbonyl (C=O) groups is 1. The molecule has 0 aliphatic carbocycles. The molecule has 1 saturated heterocycles. The number of rotatable bonds is 4. The van der Waals surface area contributed by atoms with Gasteiger partial charge in [-0.15, -0.1) is 0 Å². The largest absolute Gasteiger partial charge is 0.487 e. The molecule has 0 radical (unpaired) electrons. The molecule has 1 aliphatic rings. The molecule has 3 aromatic carbocycles. The third-order valence-electron chi connectivity index (χ3n) is 3.87. The predicted molar refractivity (Wildman–Crippen MR) is 103 cm³/mol. The first-order valence-corrected chi connectivity index (χ1v) is 9.34. The second kappa shape index (κ2) is 7.06. The van der Waals surface area contributed by atoms with Gasteiger partial charge < -0.3 is 4.74 Å². The van der Waals surface area contributed by atoms with Crippen LogP contribution in [0.3, 0.4) is 0 Å². The van der Waals surface area contributed by atoms with Crippen molar-refractivity contribution in [1.82, 2.24) is 4.72 Å². The van der Waals surface area contributed by atoms with Gasteiger partial charge in [-0.05, 0) is 33.6 Å². The molecule has 7 heteroatoms. The summed E-state index contributed by atoms with van der Waals surface area (Å²) in [6, 6.07) is 18.8. The van der Waals surface area contributed by atoms with Gasteiger partial charge in [0.2, 0.25) is 0 Å². The molecule has 4 nitrogen and oxygen atoms in total. The van der Waals surface area contributed by atoms with E-state index in [0.717, 1.165) is 17.7 Å². The third kappa shape index (κ3) is 3.30. The van der Waals surface area contributed by atoms with Crippen molar-refractivity contribution in [2.75, 3.05) is 10.8 Å². The summed E-state index contributed by atoms with van der Waals surface area (Å²) in [5, 5.41) is 0.943. The van der Waals surface area contributed by atoms with Crippen LogP contribution in [0.5, 0.6) is 5.75 Å². The van der Waals surface area contributed by atoms with E-state index in [1.54, 1.807) is 16.4 Å². The van der Waals surface area contributed by atoms with E-state index in [4.69, 9.17) is 4.74 Å². The van der Waals surface area contributed by atoms with Crippen LogP contribution in [0.4, 0.5) is 10.1 Å². The van der Waals surface area contributed by atoms with Gasteiger partial charge in [-0.2, -0.15) is 0 Å². The molecule has 0 unspecified atom stereocenters. The maximum absolute atomic E-state index is 15.3. The van der Waals surface area contributed by atoms with Crippen molar-refractivity contribution in [1.29, 1.82) is 0 Å².